The minimum Gasteiger partial charge on any atom is -0.340 e. The largest absolute Gasteiger partial charge is 0.340 e. The average molecular weight is 518 g/mol. The zero-order chi connectivity index (χ0) is 26.8. The number of likely N-dealkylation sites (tertiary alicyclic amines) is 1. The van der Waals surface area contributed by atoms with Crippen LogP contribution in [0.15, 0.2) is 64.2 Å². The monoisotopic (exact) mass is 517 g/mol. The highest BCUT2D eigenvalue weighted by Gasteiger charge is 2.24. The van der Waals surface area contributed by atoms with Crippen molar-refractivity contribution in [2.45, 2.75) is 52.2 Å². The number of rotatable bonds is 8. The molecule has 200 valence electrons. The summed E-state index contributed by atoms with van der Waals surface area (Å²) in [6.45, 7) is 5.26. The molecule has 1 unspecified atom stereocenters. The minimum atomic E-state index is -0.437. The second-order valence-electron chi connectivity index (χ2n) is 10.5. The summed E-state index contributed by atoms with van der Waals surface area (Å²) in [5.41, 5.74) is 2.55. The Labute approximate surface area is 221 Å². The lowest BCUT2D eigenvalue weighted by Gasteiger charge is -2.33. The molecule has 2 aromatic heterocycles. The summed E-state index contributed by atoms with van der Waals surface area (Å²) in [6.07, 6.45) is 3.09. The summed E-state index contributed by atoms with van der Waals surface area (Å²) in [5, 5.41) is 8.57. The topological polar surface area (TPSA) is 77.1 Å². The van der Waals surface area contributed by atoms with E-state index in [1.54, 1.807) is 9.25 Å². The van der Waals surface area contributed by atoms with Gasteiger partial charge < -0.3 is 5.32 Å². The Kier molecular flexibility index (Phi) is 7.46. The molecule has 1 fully saturated rings. The van der Waals surface area contributed by atoms with Crippen LogP contribution in [0.2, 0.25) is 0 Å². The Morgan fingerprint density at radius 2 is 1.79 bits per heavy atom. The molecule has 1 aliphatic heterocycles. The van der Waals surface area contributed by atoms with Crippen LogP contribution in [0.5, 0.6) is 0 Å². The van der Waals surface area contributed by atoms with Crippen molar-refractivity contribution in [3.8, 4) is 0 Å². The van der Waals surface area contributed by atoms with Crippen molar-refractivity contribution in [2.24, 2.45) is 13.0 Å². The van der Waals surface area contributed by atoms with Crippen molar-refractivity contribution >= 4 is 22.5 Å². The third kappa shape index (κ3) is 5.03. The number of piperidine rings is 1. The maximum Gasteiger partial charge on any atom is 0.332 e. The van der Waals surface area contributed by atoms with Gasteiger partial charge in [0.15, 0.2) is 5.65 Å². The number of benzene rings is 2. The molecule has 0 spiro atoms. The van der Waals surface area contributed by atoms with Crippen molar-refractivity contribution in [1.82, 2.24) is 23.8 Å². The number of para-hydroxylation sites is 1. The van der Waals surface area contributed by atoms with Gasteiger partial charge in [0.1, 0.15) is 18.0 Å². The molecule has 1 saturated heterocycles. The smallest absolute Gasteiger partial charge is 0.332 e. The number of halogens is 1. The second kappa shape index (κ2) is 10.9. The van der Waals surface area contributed by atoms with E-state index < -0.39 is 6.80 Å². The van der Waals surface area contributed by atoms with Crippen LogP contribution in [-0.4, -0.2) is 37.2 Å². The SMILES string of the molecule is CC(C)Cn1c(=O)n(C)c(=O)c2c(Nc3ccccc3)n(Cc3ccc(C4CCCCN4C[18F])cc3)nc21. The third-order valence-electron chi connectivity index (χ3n) is 7.27. The molecule has 9 heteroatoms. The molecule has 8 nitrogen and oxygen atoms in total. The molecule has 5 rings (SSSR count). The highest BCUT2D eigenvalue weighted by molar-refractivity contribution is 5.89. The highest BCUT2D eigenvalue weighted by atomic mass is 18.2. The molecule has 4 aromatic rings. The van der Waals surface area contributed by atoms with E-state index in [-0.39, 0.29) is 23.2 Å². The predicted octanol–water partition coefficient (Wildman–Crippen LogP) is 4.80. The van der Waals surface area contributed by atoms with Crippen LogP contribution in [0.1, 0.15) is 50.3 Å². The van der Waals surface area contributed by atoms with Gasteiger partial charge in [-0.05, 0) is 42.0 Å². The number of hydrogen-bond acceptors (Lipinski definition) is 5. The Bertz CT molecular complexity index is 1520. The van der Waals surface area contributed by atoms with E-state index in [0.717, 1.165) is 47.2 Å². The van der Waals surface area contributed by atoms with E-state index >= 15 is 0 Å². The molecule has 0 aliphatic carbocycles. The lowest BCUT2D eigenvalue weighted by molar-refractivity contribution is 0.0942. The van der Waals surface area contributed by atoms with Crippen molar-refractivity contribution in [3.63, 3.8) is 0 Å². The van der Waals surface area contributed by atoms with Gasteiger partial charge in [0.2, 0.25) is 0 Å². The van der Waals surface area contributed by atoms with E-state index in [2.05, 4.69) is 17.4 Å². The van der Waals surface area contributed by atoms with Crippen LogP contribution in [0.3, 0.4) is 0 Å². The van der Waals surface area contributed by atoms with Gasteiger partial charge in [-0.15, -0.1) is 0 Å². The maximum absolute atomic E-state index is 13.6. The fourth-order valence-corrected chi connectivity index (χ4v) is 5.32. The number of nitrogens with one attached hydrogen (secondary N) is 1. The Hall–Kier alpha value is -3.72. The molecule has 1 N–H and O–H groups in total. The van der Waals surface area contributed by atoms with E-state index in [1.165, 1.54) is 7.05 Å². The molecule has 3 heterocycles. The summed E-state index contributed by atoms with van der Waals surface area (Å²) in [5.74, 6) is 0.740. The lowest BCUT2D eigenvalue weighted by atomic mass is 9.95. The summed E-state index contributed by atoms with van der Waals surface area (Å²) in [7, 11) is 1.51. The first-order valence-electron chi connectivity index (χ1n) is 13.3. The summed E-state index contributed by atoms with van der Waals surface area (Å²) in [6, 6.07) is 17.9. The quantitative estimate of drug-likeness (QED) is 0.340. The van der Waals surface area contributed by atoms with Crippen LogP contribution < -0.4 is 16.6 Å². The first kappa shape index (κ1) is 25.9. The molecule has 1 atom stereocenters. The van der Waals surface area contributed by atoms with E-state index in [4.69, 9.17) is 5.10 Å². The standard InChI is InChI=1S/C29H35FN6O2/c1-20(2)17-35-27-25(28(37)33(3)29(35)38)26(31-23-9-5-4-6-10-23)36(32-27)18-21-12-14-22(15-13-21)24-11-7-8-16-34(24)19-30/h4-6,9-10,12-15,20,24,31H,7-8,11,16-19H2,1-3H3/i30-1. The molecule has 0 saturated carbocycles. The van der Waals surface area contributed by atoms with Gasteiger partial charge in [0.25, 0.3) is 5.56 Å². The molecule has 2 aromatic carbocycles. The van der Waals surface area contributed by atoms with Gasteiger partial charge in [-0.2, -0.15) is 5.10 Å². The number of fused-ring (bicyclic) bond motifs is 1. The zero-order valence-corrected chi connectivity index (χ0v) is 22.2. The normalized spacial score (nSPS) is 16.4. The van der Waals surface area contributed by atoms with Crippen LogP contribution >= 0.6 is 0 Å². The number of nitrogens with zero attached hydrogens (tertiary/aromatic N) is 5. The molecule has 1 aliphatic rings. The van der Waals surface area contributed by atoms with Crippen molar-refractivity contribution in [2.75, 3.05) is 18.7 Å². The fourth-order valence-electron chi connectivity index (χ4n) is 5.32. The summed E-state index contributed by atoms with van der Waals surface area (Å²) < 4.78 is 18.1. The van der Waals surface area contributed by atoms with Crippen molar-refractivity contribution in [1.29, 1.82) is 0 Å². The first-order chi connectivity index (χ1) is 18.4. The van der Waals surface area contributed by atoms with Crippen LogP contribution in [0, 0.1) is 5.92 Å². The van der Waals surface area contributed by atoms with Gasteiger partial charge in [-0.1, -0.05) is 62.7 Å². The zero-order valence-electron chi connectivity index (χ0n) is 22.2. The molecular weight excluding hydrogens is 482 g/mol. The third-order valence-corrected chi connectivity index (χ3v) is 7.27. The van der Waals surface area contributed by atoms with Crippen molar-refractivity contribution in [3.05, 3.63) is 86.6 Å². The first-order valence-corrected chi connectivity index (χ1v) is 13.3. The summed E-state index contributed by atoms with van der Waals surface area (Å²) >= 11 is 0. The van der Waals surface area contributed by atoms with Gasteiger partial charge in [-0.25, -0.2) is 13.9 Å². The van der Waals surface area contributed by atoms with Gasteiger partial charge >= 0.3 is 5.69 Å². The number of anilines is 2. The Morgan fingerprint density at radius 3 is 2.47 bits per heavy atom. The molecule has 0 bridgehead atoms. The van der Waals surface area contributed by atoms with E-state index in [1.807, 2.05) is 61.2 Å². The van der Waals surface area contributed by atoms with Gasteiger partial charge in [0.05, 0.1) is 6.54 Å². The highest BCUT2D eigenvalue weighted by Crippen LogP contribution is 2.31. The number of alkyl halides is 1. The Morgan fingerprint density at radius 1 is 1.05 bits per heavy atom. The predicted molar refractivity (Wildman–Crippen MR) is 149 cm³/mol. The Balaban J connectivity index is 1.58. The van der Waals surface area contributed by atoms with E-state index in [0.29, 0.717) is 29.9 Å². The van der Waals surface area contributed by atoms with Crippen LogP contribution in [0.25, 0.3) is 11.0 Å². The van der Waals surface area contributed by atoms with Crippen LogP contribution in [0.4, 0.5) is 15.9 Å². The van der Waals surface area contributed by atoms with Gasteiger partial charge in [-0.3, -0.25) is 18.8 Å². The average Bonchev–Trinajstić information content (AvgIpc) is 3.28. The molecule has 0 amide bonds. The fraction of sp³-hybridized carbons (Fsp3) is 0.414. The van der Waals surface area contributed by atoms with E-state index in [9.17, 15) is 14.0 Å². The van der Waals surface area contributed by atoms with Crippen LogP contribution in [-0.2, 0) is 20.1 Å². The minimum absolute atomic E-state index is 0.0962. The van der Waals surface area contributed by atoms with Crippen molar-refractivity contribution < 1.29 is 4.39 Å². The second-order valence-corrected chi connectivity index (χ2v) is 10.5. The maximum atomic E-state index is 13.6. The molecule has 38 heavy (non-hydrogen) atoms. The lowest BCUT2D eigenvalue weighted by Crippen LogP contribution is -2.38. The van der Waals surface area contributed by atoms with Gasteiger partial charge in [0, 0.05) is 31.9 Å². The number of hydrogen-bond donors (Lipinski definition) is 1. The number of aromatic nitrogens is 4. The molecular formula is C29H35FN6O2. The molecule has 0 radical (unpaired) electrons. The summed E-state index contributed by atoms with van der Waals surface area (Å²) in [4.78, 5) is 28.3.